The van der Waals surface area contributed by atoms with Crippen molar-refractivity contribution in [3.63, 3.8) is 0 Å². The van der Waals surface area contributed by atoms with Crippen LogP contribution in [0.25, 0.3) is 0 Å². The lowest BCUT2D eigenvalue weighted by Gasteiger charge is -2.35. The second-order valence-electron chi connectivity index (χ2n) is 5.67. The Balaban J connectivity index is 2.08. The van der Waals surface area contributed by atoms with Gasteiger partial charge in [-0.2, -0.15) is 0 Å². The van der Waals surface area contributed by atoms with Crippen molar-refractivity contribution in [3.8, 4) is 0 Å². The minimum absolute atomic E-state index is 0.134. The molecule has 0 atom stereocenters. The van der Waals surface area contributed by atoms with Gasteiger partial charge in [0.05, 0.1) is 9.40 Å². The molecule has 21 heavy (non-hydrogen) atoms. The van der Waals surface area contributed by atoms with Crippen LogP contribution in [0.4, 0.5) is 5.69 Å². The van der Waals surface area contributed by atoms with Crippen molar-refractivity contribution in [2.75, 3.05) is 6.54 Å². The number of benzene rings is 1. The van der Waals surface area contributed by atoms with Crippen LogP contribution in [0.2, 0.25) is 0 Å². The van der Waals surface area contributed by atoms with E-state index in [2.05, 4.69) is 27.8 Å². The molecule has 0 aliphatic heterocycles. The summed E-state index contributed by atoms with van der Waals surface area (Å²) >= 11 is 3.23. The molecule has 1 aliphatic carbocycles. The van der Waals surface area contributed by atoms with E-state index in [1.54, 1.807) is 12.1 Å². The lowest BCUT2D eigenvalue weighted by Crippen LogP contribution is -2.40. The molecule has 2 rings (SSSR count). The lowest BCUT2D eigenvalue weighted by atomic mass is 9.90. The van der Waals surface area contributed by atoms with E-state index in [1.807, 2.05) is 6.07 Å². The van der Waals surface area contributed by atoms with E-state index in [9.17, 15) is 10.1 Å². The van der Waals surface area contributed by atoms with Crippen LogP contribution in [0, 0.1) is 10.1 Å². The van der Waals surface area contributed by atoms with Crippen LogP contribution in [-0.4, -0.2) is 28.5 Å². The van der Waals surface area contributed by atoms with Gasteiger partial charge in [-0.15, -0.1) is 0 Å². The third kappa shape index (κ3) is 4.25. The van der Waals surface area contributed by atoms with Crippen LogP contribution < -0.4 is 5.73 Å². The number of nitrogens with two attached hydrogens (primary N) is 1. The van der Waals surface area contributed by atoms with E-state index in [-0.39, 0.29) is 10.6 Å². The highest BCUT2D eigenvalue weighted by molar-refractivity contribution is 9.10. The number of hydrogen-bond donors (Lipinski definition) is 1. The van der Waals surface area contributed by atoms with Gasteiger partial charge in [-0.3, -0.25) is 15.0 Å². The molecule has 1 aromatic rings. The first-order valence-electron chi connectivity index (χ1n) is 7.43. The zero-order valence-corrected chi connectivity index (χ0v) is 13.9. The largest absolute Gasteiger partial charge is 0.328 e. The first-order valence-corrected chi connectivity index (χ1v) is 8.23. The molecule has 116 valence electrons. The topological polar surface area (TPSA) is 72.4 Å². The zero-order valence-electron chi connectivity index (χ0n) is 12.3. The summed E-state index contributed by atoms with van der Waals surface area (Å²) < 4.78 is 0.530. The van der Waals surface area contributed by atoms with E-state index in [0.29, 0.717) is 16.6 Å². The number of hydrogen-bond acceptors (Lipinski definition) is 4. The Kier molecular flexibility index (Phi) is 5.72. The molecule has 5 nitrogen and oxygen atoms in total. The summed E-state index contributed by atoms with van der Waals surface area (Å²) in [5.41, 5.74) is 7.08. The number of rotatable bonds is 5. The first-order chi connectivity index (χ1) is 10.0. The normalized spacial score (nSPS) is 22.5. The SMILES string of the molecule is CCN(Cc1ccc(Br)c([N+](=O)[O-])c1)C1CCC(N)CC1. The Morgan fingerprint density at radius 1 is 1.38 bits per heavy atom. The van der Waals surface area contributed by atoms with Crippen molar-refractivity contribution in [1.82, 2.24) is 4.90 Å². The quantitative estimate of drug-likeness (QED) is 0.648. The van der Waals surface area contributed by atoms with Crippen molar-refractivity contribution in [1.29, 1.82) is 0 Å². The maximum absolute atomic E-state index is 11.0. The third-order valence-corrected chi connectivity index (χ3v) is 4.93. The lowest BCUT2D eigenvalue weighted by molar-refractivity contribution is -0.385. The molecular formula is C15H22BrN3O2. The molecule has 1 fully saturated rings. The van der Waals surface area contributed by atoms with Crippen LogP contribution in [-0.2, 0) is 6.54 Å². The van der Waals surface area contributed by atoms with E-state index < -0.39 is 0 Å². The van der Waals surface area contributed by atoms with Crippen molar-refractivity contribution in [3.05, 3.63) is 38.3 Å². The number of nitro benzene ring substituents is 1. The minimum atomic E-state index is -0.344. The molecule has 0 spiro atoms. The summed E-state index contributed by atoms with van der Waals surface area (Å²) in [6, 6.07) is 6.26. The highest BCUT2D eigenvalue weighted by atomic mass is 79.9. The Labute approximate surface area is 133 Å². The smallest absolute Gasteiger partial charge is 0.283 e. The maximum atomic E-state index is 11.0. The number of halogens is 1. The highest BCUT2D eigenvalue weighted by Gasteiger charge is 2.24. The standard InChI is InChI=1S/C15H22BrN3O2/c1-2-18(13-6-4-12(17)5-7-13)10-11-3-8-14(16)15(9-11)19(20)21/h3,8-9,12-13H,2,4-7,10,17H2,1H3. The van der Waals surface area contributed by atoms with E-state index in [1.165, 1.54) is 0 Å². The molecular weight excluding hydrogens is 334 g/mol. The van der Waals surface area contributed by atoms with Gasteiger partial charge in [-0.25, -0.2) is 0 Å². The summed E-state index contributed by atoms with van der Waals surface area (Å²) in [6.45, 7) is 3.84. The van der Waals surface area contributed by atoms with E-state index in [4.69, 9.17) is 5.73 Å². The van der Waals surface area contributed by atoms with Crippen LogP contribution in [0.1, 0.15) is 38.2 Å². The van der Waals surface area contributed by atoms with Crippen LogP contribution in [0.5, 0.6) is 0 Å². The molecule has 0 heterocycles. The van der Waals surface area contributed by atoms with Gasteiger partial charge in [0, 0.05) is 24.7 Å². The third-order valence-electron chi connectivity index (χ3n) is 4.26. The van der Waals surface area contributed by atoms with Crippen LogP contribution in [0.15, 0.2) is 22.7 Å². The van der Waals surface area contributed by atoms with Gasteiger partial charge < -0.3 is 5.73 Å². The molecule has 2 N–H and O–H groups in total. The Bertz CT molecular complexity index is 502. The van der Waals surface area contributed by atoms with Crippen LogP contribution >= 0.6 is 15.9 Å². The van der Waals surface area contributed by atoms with Crippen LogP contribution in [0.3, 0.4) is 0 Å². The highest BCUT2D eigenvalue weighted by Crippen LogP contribution is 2.28. The Morgan fingerprint density at radius 2 is 2.05 bits per heavy atom. The second-order valence-corrected chi connectivity index (χ2v) is 6.53. The fraction of sp³-hybridized carbons (Fsp3) is 0.600. The maximum Gasteiger partial charge on any atom is 0.283 e. The molecule has 1 aromatic carbocycles. The molecule has 0 saturated heterocycles. The molecule has 0 aromatic heterocycles. The predicted molar refractivity (Wildman–Crippen MR) is 87.1 cm³/mol. The molecule has 6 heteroatoms. The Morgan fingerprint density at radius 3 is 2.62 bits per heavy atom. The van der Waals surface area contributed by atoms with Crippen molar-refractivity contribution < 1.29 is 4.92 Å². The molecule has 0 radical (unpaired) electrons. The fourth-order valence-electron chi connectivity index (χ4n) is 3.00. The average molecular weight is 356 g/mol. The van der Waals surface area contributed by atoms with Gasteiger partial charge in [-0.05, 0) is 59.8 Å². The monoisotopic (exact) mass is 355 g/mol. The summed E-state index contributed by atoms with van der Waals surface area (Å²) in [5.74, 6) is 0. The molecule has 1 aliphatic rings. The molecule has 0 amide bonds. The van der Waals surface area contributed by atoms with Gasteiger partial charge in [0.2, 0.25) is 0 Å². The van der Waals surface area contributed by atoms with E-state index >= 15 is 0 Å². The first kappa shape index (κ1) is 16.4. The number of nitrogens with zero attached hydrogens (tertiary/aromatic N) is 2. The minimum Gasteiger partial charge on any atom is -0.328 e. The van der Waals surface area contributed by atoms with Gasteiger partial charge in [0.25, 0.3) is 5.69 Å². The van der Waals surface area contributed by atoms with E-state index in [0.717, 1.165) is 44.3 Å². The van der Waals surface area contributed by atoms with Crippen molar-refractivity contribution in [2.45, 2.75) is 51.2 Å². The van der Waals surface area contributed by atoms with Crippen molar-refractivity contribution in [2.24, 2.45) is 5.73 Å². The van der Waals surface area contributed by atoms with Gasteiger partial charge in [0.15, 0.2) is 0 Å². The predicted octanol–water partition coefficient (Wildman–Crippen LogP) is 3.45. The average Bonchev–Trinajstić information content (AvgIpc) is 2.47. The molecule has 0 bridgehead atoms. The summed E-state index contributed by atoms with van der Waals surface area (Å²) in [4.78, 5) is 13.1. The second kappa shape index (κ2) is 7.33. The zero-order chi connectivity index (χ0) is 15.4. The Hall–Kier alpha value is -0.980. The van der Waals surface area contributed by atoms with Gasteiger partial charge in [0.1, 0.15) is 0 Å². The van der Waals surface area contributed by atoms with Gasteiger partial charge >= 0.3 is 0 Å². The number of nitro groups is 1. The molecule has 1 saturated carbocycles. The summed E-state index contributed by atoms with van der Waals surface area (Å²) in [7, 11) is 0. The summed E-state index contributed by atoms with van der Waals surface area (Å²) in [5, 5.41) is 11.0. The molecule has 0 unspecified atom stereocenters. The summed E-state index contributed by atoms with van der Waals surface area (Å²) in [6.07, 6.45) is 4.38. The van der Waals surface area contributed by atoms with Crippen molar-refractivity contribution >= 4 is 21.6 Å². The fourth-order valence-corrected chi connectivity index (χ4v) is 3.39. The van der Waals surface area contributed by atoms with Gasteiger partial charge in [-0.1, -0.05) is 13.0 Å².